The van der Waals surface area contributed by atoms with E-state index in [1.54, 1.807) is 0 Å². The minimum atomic E-state index is 0.888. The minimum absolute atomic E-state index is 0.888. The zero-order valence-corrected chi connectivity index (χ0v) is 22.9. The maximum Gasteiger partial charge on any atom is 0.160 e. The molecule has 0 fully saturated rings. The highest BCUT2D eigenvalue weighted by molar-refractivity contribution is 6.22. The first-order chi connectivity index (χ1) is 20.8. The molecule has 0 spiro atoms. The lowest BCUT2D eigenvalue weighted by atomic mass is 9.99. The Kier molecular flexibility index (Phi) is 5.82. The van der Waals surface area contributed by atoms with Gasteiger partial charge in [-0.2, -0.15) is 0 Å². The smallest absolute Gasteiger partial charge is 0.160 e. The van der Waals surface area contributed by atoms with Crippen LogP contribution in [0.25, 0.3) is 55.0 Å². The Labute approximate surface area is 244 Å². The summed E-state index contributed by atoms with van der Waals surface area (Å²) in [4.78, 5) is 2.30. The molecular formula is C40H27NO. The zero-order valence-electron chi connectivity index (χ0n) is 22.9. The van der Waals surface area contributed by atoms with Crippen LogP contribution in [-0.2, 0) is 0 Å². The predicted molar refractivity (Wildman–Crippen MR) is 177 cm³/mol. The van der Waals surface area contributed by atoms with E-state index in [1.807, 2.05) is 6.07 Å². The van der Waals surface area contributed by atoms with Crippen molar-refractivity contribution in [1.82, 2.24) is 0 Å². The van der Waals surface area contributed by atoms with E-state index in [0.29, 0.717) is 0 Å². The zero-order chi connectivity index (χ0) is 27.9. The molecule has 0 amide bonds. The largest absolute Gasteiger partial charge is 0.454 e. The molecule has 8 rings (SSSR count). The number of hydrogen-bond acceptors (Lipinski definition) is 2. The molecule has 2 nitrogen and oxygen atoms in total. The SMILES string of the molecule is c1ccc(-c2ccc(-c3ccc(N(c4ccccc4)c4cc5ccccc5c5c4oc4ccccc45)cc3)cc2)cc1. The van der Waals surface area contributed by atoms with Gasteiger partial charge in [-0.05, 0) is 69.4 Å². The summed E-state index contributed by atoms with van der Waals surface area (Å²) >= 11 is 0. The number of nitrogens with zero attached hydrogens (tertiary/aromatic N) is 1. The third-order valence-electron chi connectivity index (χ3n) is 8.06. The molecule has 1 heterocycles. The number of furan rings is 1. The van der Waals surface area contributed by atoms with Crippen LogP contribution in [-0.4, -0.2) is 0 Å². The van der Waals surface area contributed by atoms with Gasteiger partial charge in [-0.3, -0.25) is 0 Å². The first-order valence-corrected chi connectivity index (χ1v) is 14.3. The summed E-state index contributed by atoms with van der Waals surface area (Å²) in [6, 6.07) is 57.8. The minimum Gasteiger partial charge on any atom is -0.454 e. The Hall–Kier alpha value is -5.60. The fourth-order valence-electron chi connectivity index (χ4n) is 6.02. The van der Waals surface area contributed by atoms with Crippen molar-refractivity contribution in [3.05, 3.63) is 164 Å². The van der Waals surface area contributed by atoms with Crippen LogP contribution in [0.1, 0.15) is 0 Å². The van der Waals surface area contributed by atoms with Gasteiger partial charge in [0.25, 0.3) is 0 Å². The van der Waals surface area contributed by atoms with Gasteiger partial charge < -0.3 is 9.32 Å². The summed E-state index contributed by atoms with van der Waals surface area (Å²) in [5.41, 5.74) is 9.77. The molecule has 0 aliphatic heterocycles. The van der Waals surface area contributed by atoms with Gasteiger partial charge in [-0.25, -0.2) is 0 Å². The molecule has 0 saturated heterocycles. The topological polar surface area (TPSA) is 16.4 Å². The molecule has 8 aromatic rings. The summed E-state index contributed by atoms with van der Waals surface area (Å²) in [7, 11) is 0. The second-order valence-electron chi connectivity index (χ2n) is 10.6. The molecule has 0 radical (unpaired) electrons. The number of fused-ring (bicyclic) bond motifs is 5. The summed E-state index contributed by atoms with van der Waals surface area (Å²) < 4.78 is 6.61. The van der Waals surface area contributed by atoms with Gasteiger partial charge in [-0.1, -0.05) is 127 Å². The highest BCUT2D eigenvalue weighted by atomic mass is 16.3. The third-order valence-corrected chi connectivity index (χ3v) is 8.06. The van der Waals surface area contributed by atoms with Crippen molar-refractivity contribution < 1.29 is 4.42 Å². The Morgan fingerprint density at radius 2 is 0.905 bits per heavy atom. The molecule has 0 saturated carbocycles. The molecule has 0 bridgehead atoms. The summed E-state index contributed by atoms with van der Waals surface area (Å²) in [6.07, 6.45) is 0. The van der Waals surface area contributed by atoms with Crippen LogP contribution >= 0.6 is 0 Å². The Balaban J connectivity index is 1.27. The lowest BCUT2D eigenvalue weighted by Crippen LogP contribution is -2.10. The standard InChI is InChI=1S/C40H27NO/c1-3-11-28(12-4-1)29-19-21-30(22-20-29)31-23-25-34(26-24-31)41(33-14-5-2-6-15-33)37-27-32-13-7-8-16-35(32)39-36-17-9-10-18-38(36)42-40(37)39/h1-27H. The van der Waals surface area contributed by atoms with Crippen molar-refractivity contribution in [3.8, 4) is 22.3 Å². The molecule has 0 aliphatic rings. The van der Waals surface area contributed by atoms with E-state index < -0.39 is 0 Å². The van der Waals surface area contributed by atoms with E-state index >= 15 is 0 Å². The van der Waals surface area contributed by atoms with Gasteiger partial charge in [0.2, 0.25) is 0 Å². The molecule has 2 heteroatoms. The number of anilines is 3. The average molecular weight is 538 g/mol. The Morgan fingerprint density at radius 3 is 1.60 bits per heavy atom. The average Bonchev–Trinajstić information content (AvgIpc) is 3.47. The van der Waals surface area contributed by atoms with E-state index in [9.17, 15) is 0 Å². The van der Waals surface area contributed by atoms with Crippen LogP contribution < -0.4 is 4.90 Å². The molecule has 1 aromatic heterocycles. The molecule has 0 atom stereocenters. The predicted octanol–water partition coefficient (Wildman–Crippen LogP) is 11.5. The van der Waals surface area contributed by atoms with Gasteiger partial charge in [-0.15, -0.1) is 0 Å². The fourth-order valence-corrected chi connectivity index (χ4v) is 6.02. The second kappa shape index (κ2) is 10.1. The van der Waals surface area contributed by atoms with E-state index in [4.69, 9.17) is 4.42 Å². The normalized spacial score (nSPS) is 11.3. The monoisotopic (exact) mass is 537 g/mol. The van der Waals surface area contributed by atoms with Crippen molar-refractivity contribution in [2.45, 2.75) is 0 Å². The molecule has 0 unspecified atom stereocenters. The molecule has 7 aromatic carbocycles. The molecule has 0 aliphatic carbocycles. The summed E-state index contributed by atoms with van der Waals surface area (Å²) in [5, 5.41) is 4.66. The van der Waals surface area contributed by atoms with E-state index in [2.05, 4.69) is 163 Å². The first kappa shape index (κ1) is 24.2. The highest BCUT2D eigenvalue weighted by Crippen LogP contribution is 2.45. The third kappa shape index (κ3) is 4.13. The highest BCUT2D eigenvalue weighted by Gasteiger charge is 2.21. The summed E-state index contributed by atoms with van der Waals surface area (Å²) in [5.74, 6) is 0. The van der Waals surface area contributed by atoms with Crippen LogP contribution in [0.3, 0.4) is 0 Å². The maximum atomic E-state index is 6.61. The van der Waals surface area contributed by atoms with Crippen LogP contribution in [0.4, 0.5) is 17.1 Å². The maximum absolute atomic E-state index is 6.61. The van der Waals surface area contributed by atoms with E-state index in [0.717, 1.165) is 39.0 Å². The molecule has 198 valence electrons. The van der Waals surface area contributed by atoms with Crippen molar-refractivity contribution in [2.24, 2.45) is 0 Å². The quantitative estimate of drug-likeness (QED) is 0.217. The van der Waals surface area contributed by atoms with Crippen molar-refractivity contribution in [2.75, 3.05) is 4.90 Å². The lowest BCUT2D eigenvalue weighted by Gasteiger charge is -2.26. The molecule has 42 heavy (non-hydrogen) atoms. The Morgan fingerprint density at radius 1 is 0.405 bits per heavy atom. The van der Waals surface area contributed by atoms with E-state index in [1.165, 1.54) is 33.0 Å². The van der Waals surface area contributed by atoms with Crippen LogP contribution in [0.5, 0.6) is 0 Å². The molecule has 0 N–H and O–H groups in total. The van der Waals surface area contributed by atoms with Crippen molar-refractivity contribution >= 4 is 49.8 Å². The van der Waals surface area contributed by atoms with Crippen molar-refractivity contribution in [3.63, 3.8) is 0 Å². The van der Waals surface area contributed by atoms with Gasteiger partial charge >= 0.3 is 0 Å². The van der Waals surface area contributed by atoms with Gasteiger partial charge in [0, 0.05) is 22.1 Å². The van der Waals surface area contributed by atoms with Crippen LogP contribution in [0.2, 0.25) is 0 Å². The first-order valence-electron chi connectivity index (χ1n) is 14.3. The number of rotatable bonds is 5. The van der Waals surface area contributed by atoms with Gasteiger partial charge in [0.1, 0.15) is 5.58 Å². The van der Waals surface area contributed by atoms with Crippen LogP contribution in [0, 0.1) is 0 Å². The van der Waals surface area contributed by atoms with E-state index in [-0.39, 0.29) is 0 Å². The Bertz CT molecular complexity index is 2160. The van der Waals surface area contributed by atoms with Gasteiger partial charge in [0.15, 0.2) is 5.58 Å². The fraction of sp³-hybridized carbons (Fsp3) is 0. The summed E-state index contributed by atoms with van der Waals surface area (Å²) in [6.45, 7) is 0. The van der Waals surface area contributed by atoms with Crippen molar-refractivity contribution in [1.29, 1.82) is 0 Å². The second-order valence-corrected chi connectivity index (χ2v) is 10.6. The van der Waals surface area contributed by atoms with Crippen LogP contribution in [0.15, 0.2) is 168 Å². The number of para-hydroxylation sites is 2. The lowest BCUT2D eigenvalue weighted by molar-refractivity contribution is 0.669. The molecular weight excluding hydrogens is 510 g/mol. The van der Waals surface area contributed by atoms with Gasteiger partial charge in [0.05, 0.1) is 5.69 Å². The number of benzene rings is 7. The number of hydrogen-bond donors (Lipinski definition) is 0.